The average molecular weight is 620 g/mol. The Kier molecular flexibility index (Phi) is 5.45. The molecular weight excluding hydrogens is 591 g/mol. The van der Waals surface area contributed by atoms with E-state index in [4.69, 9.17) is 0 Å². The summed E-state index contributed by atoms with van der Waals surface area (Å²) < 4.78 is 0. The van der Waals surface area contributed by atoms with Crippen LogP contribution in [0.5, 0.6) is 0 Å². The predicted molar refractivity (Wildman–Crippen MR) is 212 cm³/mol. The van der Waals surface area contributed by atoms with E-state index < -0.39 is 0 Å². The first kappa shape index (κ1) is 26.6. The fourth-order valence-electron chi connectivity index (χ4n) is 8.56. The van der Waals surface area contributed by atoms with Crippen molar-refractivity contribution in [2.75, 3.05) is 0 Å². The van der Waals surface area contributed by atoms with E-state index in [-0.39, 0.29) is 0 Å². The van der Waals surface area contributed by atoms with Crippen LogP contribution in [0.25, 0.3) is 109 Å². The van der Waals surface area contributed by atoms with Crippen LogP contribution in [-0.2, 0) is 0 Å². The van der Waals surface area contributed by atoms with Crippen LogP contribution in [0.4, 0.5) is 0 Å². The van der Waals surface area contributed by atoms with Gasteiger partial charge in [-0.3, -0.25) is 0 Å². The Hall–Kier alpha value is -6.44. The van der Waals surface area contributed by atoms with Crippen molar-refractivity contribution in [2.45, 2.75) is 0 Å². The lowest BCUT2D eigenvalue weighted by molar-refractivity contribution is 1.55. The second kappa shape index (κ2) is 10.0. The highest BCUT2D eigenvalue weighted by molar-refractivity contribution is 6.27. The van der Waals surface area contributed by atoms with Gasteiger partial charge in [0, 0.05) is 21.8 Å². The topological polar surface area (TPSA) is 15.8 Å². The molecule has 0 bridgehead atoms. The number of aromatic nitrogens is 1. The minimum atomic E-state index is 1.16. The van der Waals surface area contributed by atoms with Crippen LogP contribution in [0.1, 0.15) is 0 Å². The Morgan fingerprint density at radius 2 is 0.633 bits per heavy atom. The number of rotatable bonds is 2. The highest BCUT2D eigenvalue weighted by atomic mass is 14.7. The van der Waals surface area contributed by atoms with E-state index in [9.17, 15) is 0 Å². The molecule has 11 aromatic rings. The molecule has 0 atom stereocenters. The maximum atomic E-state index is 3.69. The number of benzene rings is 10. The van der Waals surface area contributed by atoms with Crippen LogP contribution in [0, 0.1) is 0 Å². The van der Waals surface area contributed by atoms with Gasteiger partial charge in [0.05, 0.1) is 0 Å². The van der Waals surface area contributed by atoms with Crippen molar-refractivity contribution >= 4 is 86.4 Å². The molecule has 1 heterocycles. The van der Waals surface area contributed by atoms with Gasteiger partial charge in [-0.25, -0.2) is 0 Å². The highest BCUT2D eigenvalue weighted by Crippen LogP contribution is 2.46. The van der Waals surface area contributed by atoms with Gasteiger partial charge in [0.25, 0.3) is 0 Å². The van der Waals surface area contributed by atoms with Crippen LogP contribution >= 0.6 is 0 Å². The van der Waals surface area contributed by atoms with Gasteiger partial charge in [-0.1, -0.05) is 140 Å². The van der Waals surface area contributed by atoms with E-state index >= 15 is 0 Å². The number of nitrogens with one attached hydrogen (secondary N) is 1. The van der Waals surface area contributed by atoms with Gasteiger partial charge in [0.1, 0.15) is 0 Å². The maximum absolute atomic E-state index is 3.69. The van der Waals surface area contributed by atoms with Crippen LogP contribution in [0.3, 0.4) is 0 Å². The second-order valence-electron chi connectivity index (χ2n) is 13.3. The van der Waals surface area contributed by atoms with Crippen LogP contribution in [0.15, 0.2) is 170 Å². The summed E-state index contributed by atoms with van der Waals surface area (Å²) in [7, 11) is 0. The van der Waals surface area contributed by atoms with E-state index in [0.717, 1.165) is 5.52 Å². The minimum absolute atomic E-state index is 1.16. The standard InChI is InChI=1S/C48H29N/c1-2-12-30-28-46-44(25-29(30)11-1)43-27-32(22-24-45(43)49-46)48-40-19-9-7-17-38(40)47(39-18-8-10-20-41(39)48)31-21-23-37-35-15-4-3-13-33(35)34-14-5-6-16-36(34)42(37)26-31/h1-28,49H. The van der Waals surface area contributed by atoms with Crippen molar-refractivity contribution in [2.24, 2.45) is 0 Å². The van der Waals surface area contributed by atoms with E-state index in [1.807, 2.05) is 0 Å². The number of hydrogen-bond donors (Lipinski definition) is 1. The number of hydrogen-bond acceptors (Lipinski definition) is 0. The molecule has 10 aromatic carbocycles. The third kappa shape index (κ3) is 3.82. The molecule has 0 unspecified atom stereocenters. The summed E-state index contributed by atoms with van der Waals surface area (Å²) >= 11 is 0. The first-order valence-electron chi connectivity index (χ1n) is 17.0. The summed E-state index contributed by atoms with van der Waals surface area (Å²) in [6.45, 7) is 0. The summed E-state index contributed by atoms with van der Waals surface area (Å²) in [4.78, 5) is 3.69. The molecule has 1 aromatic heterocycles. The van der Waals surface area contributed by atoms with Gasteiger partial charge in [0.15, 0.2) is 0 Å². The van der Waals surface area contributed by atoms with Gasteiger partial charge < -0.3 is 4.98 Å². The van der Waals surface area contributed by atoms with Gasteiger partial charge in [-0.15, -0.1) is 0 Å². The van der Waals surface area contributed by atoms with Crippen molar-refractivity contribution in [3.63, 3.8) is 0 Å². The van der Waals surface area contributed by atoms with Gasteiger partial charge in [0.2, 0.25) is 0 Å². The molecular formula is C48H29N. The van der Waals surface area contributed by atoms with Crippen molar-refractivity contribution in [1.29, 1.82) is 0 Å². The molecule has 0 aliphatic carbocycles. The van der Waals surface area contributed by atoms with Crippen LogP contribution in [0.2, 0.25) is 0 Å². The lowest BCUT2D eigenvalue weighted by Crippen LogP contribution is -1.91. The molecule has 226 valence electrons. The van der Waals surface area contributed by atoms with Crippen molar-refractivity contribution in [3.05, 3.63) is 170 Å². The smallest absolute Gasteiger partial charge is 0.0471 e. The Balaban J connectivity index is 1.21. The van der Waals surface area contributed by atoms with Gasteiger partial charge in [-0.05, 0) is 117 Å². The first-order chi connectivity index (χ1) is 24.3. The molecule has 0 saturated carbocycles. The van der Waals surface area contributed by atoms with Crippen molar-refractivity contribution in [1.82, 2.24) is 4.98 Å². The second-order valence-corrected chi connectivity index (χ2v) is 13.3. The summed E-state index contributed by atoms with van der Waals surface area (Å²) in [5.74, 6) is 0. The molecule has 0 saturated heterocycles. The normalized spacial score (nSPS) is 12.1. The lowest BCUT2D eigenvalue weighted by Gasteiger charge is -2.19. The quantitative estimate of drug-likeness (QED) is 0.146. The molecule has 0 spiro atoms. The molecule has 0 aliphatic rings. The third-order valence-electron chi connectivity index (χ3n) is 10.7. The summed E-state index contributed by atoms with van der Waals surface area (Å²) in [6.07, 6.45) is 0. The maximum Gasteiger partial charge on any atom is 0.0471 e. The Bertz CT molecular complexity index is 3070. The largest absolute Gasteiger partial charge is 0.354 e. The summed E-state index contributed by atoms with van der Waals surface area (Å²) in [6, 6.07) is 62.9. The number of H-pyrrole nitrogens is 1. The molecule has 0 amide bonds. The zero-order chi connectivity index (χ0) is 32.1. The van der Waals surface area contributed by atoms with E-state index in [2.05, 4.69) is 175 Å². The zero-order valence-electron chi connectivity index (χ0n) is 26.7. The number of aromatic amines is 1. The van der Waals surface area contributed by atoms with Gasteiger partial charge >= 0.3 is 0 Å². The highest BCUT2D eigenvalue weighted by Gasteiger charge is 2.18. The van der Waals surface area contributed by atoms with Crippen LogP contribution in [-0.4, -0.2) is 4.98 Å². The lowest BCUT2D eigenvalue weighted by atomic mass is 9.84. The summed E-state index contributed by atoms with van der Waals surface area (Å²) in [5, 5.41) is 17.9. The Morgan fingerprint density at radius 3 is 1.18 bits per heavy atom. The Labute approximate surface area is 282 Å². The first-order valence-corrected chi connectivity index (χ1v) is 17.0. The van der Waals surface area contributed by atoms with Gasteiger partial charge in [-0.2, -0.15) is 0 Å². The molecule has 1 N–H and O–H groups in total. The molecule has 0 aliphatic heterocycles. The predicted octanol–water partition coefficient (Wildman–Crippen LogP) is 13.6. The molecule has 0 radical (unpaired) electrons. The zero-order valence-corrected chi connectivity index (χ0v) is 26.7. The SMILES string of the molecule is c1ccc2cc3c(cc2c1)[nH]c1ccc(-c2c4ccccc4c(-c4ccc5c6ccccc6c6ccccc6c5c4)c4ccccc24)cc13. The molecule has 1 heteroatoms. The fourth-order valence-corrected chi connectivity index (χ4v) is 8.56. The molecule has 1 nitrogen and oxygen atoms in total. The molecule has 11 rings (SSSR count). The van der Waals surface area contributed by atoms with Crippen molar-refractivity contribution in [3.8, 4) is 22.3 Å². The van der Waals surface area contributed by atoms with Crippen molar-refractivity contribution < 1.29 is 0 Å². The van der Waals surface area contributed by atoms with E-state index in [1.165, 1.54) is 103 Å². The Morgan fingerprint density at radius 1 is 0.245 bits per heavy atom. The molecule has 0 fully saturated rings. The minimum Gasteiger partial charge on any atom is -0.354 e. The van der Waals surface area contributed by atoms with E-state index in [0.29, 0.717) is 0 Å². The molecule has 49 heavy (non-hydrogen) atoms. The summed E-state index contributed by atoms with van der Waals surface area (Å²) in [5.41, 5.74) is 7.38. The number of fused-ring (bicyclic) bond motifs is 12. The average Bonchev–Trinajstić information content (AvgIpc) is 3.52. The van der Waals surface area contributed by atoms with Crippen LogP contribution < -0.4 is 0 Å². The van der Waals surface area contributed by atoms with E-state index in [1.54, 1.807) is 0 Å². The third-order valence-corrected chi connectivity index (χ3v) is 10.7. The monoisotopic (exact) mass is 619 g/mol. The fraction of sp³-hybridized carbons (Fsp3) is 0.